The van der Waals surface area contributed by atoms with Crippen LogP contribution in [0.1, 0.15) is 43.0 Å². The molecule has 26 heavy (non-hydrogen) atoms. The summed E-state index contributed by atoms with van der Waals surface area (Å²) >= 11 is 0. The Kier molecular flexibility index (Phi) is 5.03. The van der Waals surface area contributed by atoms with E-state index in [1.165, 1.54) is 0 Å². The lowest BCUT2D eigenvalue weighted by Gasteiger charge is -2.38. The molecule has 1 heterocycles. The molecule has 1 N–H and O–H groups in total. The highest BCUT2D eigenvalue weighted by atomic mass is 16.5. The van der Waals surface area contributed by atoms with Crippen LogP contribution in [0.25, 0.3) is 6.08 Å². The molecule has 0 saturated carbocycles. The molecule has 0 bridgehead atoms. The topological polar surface area (TPSA) is 47.6 Å². The second-order valence-electron chi connectivity index (χ2n) is 7.24. The van der Waals surface area contributed by atoms with Crippen molar-refractivity contribution in [3.63, 3.8) is 0 Å². The molecule has 0 spiro atoms. The van der Waals surface area contributed by atoms with Gasteiger partial charge in [-0.25, -0.2) is 0 Å². The van der Waals surface area contributed by atoms with Crippen LogP contribution < -0.4 is 14.8 Å². The number of hydrogen-bond donors (Lipinski definition) is 1. The van der Waals surface area contributed by atoms with Crippen molar-refractivity contribution in [3.05, 3.63) is 65.2 Å². The van der Waals surface area contributed by atoms with E-state index in [0.29, 0.717) is 0 Å². The van der Waals surface area contributed by atoms with Crippen molar-refractivity contribution in [1.29, 1.82) is 0 Å². The molecular formula is C22H25NO3. The predicted molar refractivity (Wildman–Crippen MR) is 103 cm³/mol. The maximum Gasteiger partial charge on any atom is 0.244 e. The van der Waals surface area contributed by atoms with Crippen LogP contribution in [0.2, 0.25) is 0 Å². The summed E-state index contributed by atoms with van der Waals surface area (Å²) in [4.78, 5) is 12.5. The number of nitrogens with one attached hydrogen (secondary N) is 1. The molecule has 3 rings (SSSR count). The van der Waals surface area contributed by atoms with Gasteiger partial charge in [0.1, 0.15) is 17.1 Å². The Balaban J connectivity index is 1.79. The van der Waals surface area contributed by atoms with Crippen molar-refractivity contribution in [1.82, 2.24) is 5.32 Å². The lowest BCUT2D eigenvalue weighted by molar-refractivity contribution is -0.117. The number of ether oxygens (including phenoxy) is 2. The fourth-order valence-corrected chi connectivity index (χ4v) is 3.29. The minimum Gasteiger partial charge on any atom is -0.496 e. The average molecular weight is 351 g/mol. The molecule has 2 aromatic rings. The van der Waals surface area contributed by atoms with Gasteiger partial charge in [0.2, 0.25) is 5.91 Å². The third kappa shape index (κ3) is 4.07. The van der Waals surface area contributed by atoms with E-state index in [1.807, 2.05) is 57.2 Å². The molecule has 0 fully saturated rings. The summed E-state index contributed by atoms with van der Waals surface area (Å²) < 4.78 is 11.4. The Hall–Kier alpha value is -2.75. The molecule has 1 aliphatic heterocycles. The summed E-state index contributed by atoms with van der Waals surface area (Å²) in [6.45, 7) is 6.12. The lowest BCUT2D eigenvalue weighted by atomic mass is 9.89. The zero-order valence-electron chi connectivity index (χ0n) is 15.7. The van der Waals surface area contributed by atoms with Crippen LogP contribution in [-0.2, 0) is 4.79 Å². The van der Waals surface area contributed by atoms with Crippen molar-refractivity contribution >= 4 is 12.0 Å². The predicted octanol–water partition coefficient (Wildman–Crippen LogP) is 4.44. The fourth-order valence-electron chi connectivity index (χ4n) is 3.29. The van der Waals surface area contributed by atoms with Crippen LogP contribution in [0.15, 0.2) is 48.5 Å². The first-order valence-electron chi connectivity index (χ1n) is 8.79. The molecule has 0 radical (unpaired) electrons. The highest BCUT2D eigenvalue weighted by Gasteiger charge is 2.34. The van der Waals surface area contributed by atoms with Gasteiger partial charge in [0.15, 0.2) is 0 Å². The largest absolute Gasteiger partial charge is 0.496 e. The van der Waals surface area contributed by atoms with Crippen LogP contribution >= 0.6 is 0 Å². The van der Waals surface area contributed by atoms with E-state index in [-0.39, 0.29) is 17.6 Å². The molecule has 1 aliphatic rings. The van der Waals surface area contributed by atoms with Crippen LogP contribution in [0, 0.1) is 6.92 Å². The van der Waals surface area contributed by atoms with Gasteiger partial charge in [0.05, 0.1) is 13.2 Å². The summed E-state index contributed by atoms with van der Waals surface area (Å²) in [5.74, 6) is 1.45. The lowest BCUT2D eigenvalue weighted by Crippen LogP contribution is -2.41. The maximum absolute atomic E-state index is 12.5. The maximum atomic E-state index is 12.5. The van der Waals surface area contributed by atoms with Gasteiger partial charge in [-0.3, -0.25) is 4.79 Å². The smallest absolute Gasteiger partial charge is 0.244 e. The molecule has 0 aromatic heterocycles. The Bertz CT molecular complexity index is 839. The minimum atomic E-state index is -0.327. The van der Waals surface area contributed by atoms with Crippen molar-refractivity contribution in [3.8, 4) is 11.5 Å². The Labute approximate surface area is 154 Å². The average Bonchev–Trinajstić information content (AvgIpc) is 2.60. The summed E-state index contributed by atoms with van der Waals surface area (Å²) in [7, 11) is 1.62. The van der Waals surface area contributed by atoms with Crippen LogP contribution in [0.4, 0.5) is 0 Å². The number of hydrogen-bond acceptors (Lipinski definition) is 3. The van der Waals surface area contributed by atoms with Crippen LogP contribution in [-0.4, -0.2) is 18.6 Å². The van der Waals surface area contributed by atoms with Crippen LogP contribution in [0.3, 0.4) is 0 Å². The van der Waals surface area contributed by atoms with Crippen molar-refractivity contribution < 1.29 is 14.3 Å². The highest BCUT2D eigenvalue weighted by Crippen LogP contribution is 2.39. The van der Waals surface area contributed by atoms with E-state index in [4.69, 9.17) is 9.47 Å². The number of fused-ring (bicyclic) bond motifs is 1. The quantitative estimate of drug-likeness (QED) is 0.829. The van der Waals surface area contributed by atoms with Gasteiger partial charge >= 0.3 is 0 Å². The third-order valence-corrected chi connectivity index (χ3v) is 4.49. The molecule has 136 valence electrons. The standard InChI is InChI=1S/C22H25NO3/c1-15-9-11-20-17(13-15)18(14-22(2,3)26-20)23-21(24)12-10-16-7-5-6-8-19(16)25-4/h5-13,18H,14H2,1-4H3,(H,23,24)/b12-10+/t18-/m0/s1. The second-order valence-corrected chi connectivity index (χ2v) is 7.24. The van der Waals surface area contributed by atoms with Crippen LogP contribution in [0.5, 0.6) is 11.5 Å². The van der Waals surface area contributed by atoms with E-state index >= 15 is 0 Å². The molecular weight excluding hydrogens is 326 g/mol. The molecule has 1 atom stereocenters. The zero-order chi connectivity index (χ0) is 18.7. The van der Waals surface area contributed by atoms with E-state index in [0.717, 1.165) is 34.6 Å². The number of carbonyl (C=O) groups is 1. The minimum absolute atomic E-state index is 0.0801. The van der Waals surface area contributed by atoms with E-state index in [2.05, 4.69) is 11.4 Å². The number of benzene rings is 2. The van der Waals surface area contributed by atoms with Crippen molar-refractivity contribution in [2.45, 2.75) is 38.8 Å². The molecule has 1 amide bonds. The summed E-state index contributed by atoms with van der Waals surface area (Å²) in [6.07, 6.45) is 4.04. The third-order valence-electron chi connectivity index (χ3n) is 4.49. The number of para-hydroxylation sites is 1. The highest BCUT2D eigenvalue weighted by molar-refractivity contribution is 5.92. The zero-order valence-corrected chi connectivity index (χ0v) is 15.7. The number of aryl methyl sites for hydroxylation is 1. The molecule has 0 aliphatic carbocycles. The van der Waals surface area contributed by atoms with E-state index in [1.54, 1.807) is 19.3 Å². The van der Waals surface area contributed by atoms with Gasteiger partial charge in [0, 0.05) is 23.6 Å². The van der Waals surface area contributed by atoms with Gasteiger partial charge in [-0.15, -0.1) is 0 Å². The summed E-state index contributed by atoms with van der Waals surface area (Å²) in [6, 6.07) is 13.6. The molecule has 0 unspecified atom stereocenters. The Morgan fingerprint density at radius 2 is 2.04 bits per heavy atom. The molecule has 2 aromatic carbocycles. The molecule has 4 heteroatoms. The van der Waals surface area contributed by atoms with E-state index in [9.17, 15) is 4.79 Å². The second kappa shape index (κ2) is 7.24. The van der Waals surface area contributed by atoms with Gasteiger partial charge in [-0.2, -0.15) is 0 Å². The SMILES string of the molecule is COc1ccccc1/C=C/C(=O)N[C@H]1CC(C)(C)Oc2ccc(C)cc21. The van der Waals surface area contributed by atoms with Gasteiger partial charge < -0.3 is 14.8 Å². The first-order chi connectivity index (χ1) is 12.4. The fraction of sp³-hybridized carbons (Fsp3) is 0.318. The van der Waals surface area contributed by atoms with E-state index < -0.39 is 0 Å². The van der Waals surface area contributed by atoms with Gasteiger partial charge in [0.25, 0.3) is 0 Å². The summed E-state index contributed by atoms with van der Waals surface area (Å²) in [5, 5.41) is 3.12. The molecule has 4 nitrogen and oxygen atoms in total. The van der Waals surface area contributed by atoms with Gasteiger partial charge in [-0.1, -0.05) is 35.9 Å². The van der Waals surface area contributed by atoms with Gasteiger partial charge in [-0.05, 0) is 39.0 Å². The Morgan fingerprint density at radius 1 is 1.27 bits per heavy atom. The van der Waals surface area contributed by atoms with Crippen molar-refractivity contribution in [2.75, 3.05) is 7.11 Å². The first-order valence-corrected chi connectivity index (χ1v) is 8.79. The summed E-state index contributed by atoms with van der Waals surface area (Å²) in [5.41, 5.74) is 2.72. The first kappa shape index (κ1) is 18.1. The normalized spacial score (nSPS) is 18.1. The molecule has 0 saturated heterocycles. The van der Waals surface area contributed by atoms with Crippen molar-refractivity contribution in [2.24, 2.45) is 0 Å². The number of methoxy groups -OCH3 is 1. The number of amides is 1. The number of carbonyl (C=O) groups excluding carboxylic acids is 1. The number of rotatable bonds is 4. The Morgan fingerprint density at radius 3 is 2.81 bits per heavy atom. The monoisotopic (exact) mass is 351 g/mol.